The number of aromatic nitrogens is 2. The standard InChI is InChI=1S/C16H17N3O/c17-15-8-13(10-5-6-10)18-16(19-15)12-7-11-3-1-2-4-14(11)20-9-12/h1-4,8,10,12H,5-7,9H2,(H2,17,18,19). The zero-order chi connectivity index (χ0) is 13.5. The van der Waals surface area contributed by atoms with Gasteiger partial charge in [0.15, 0.2) is 0 Å². The van der Waals surface area contributed by atoms with Crippen LogP contribution in [0.25, 0.3) is 0 Å². The Morgan fingerprint density at radius 2 is 1.95 bits per heavy atom. The molecule has 1 atom stereocenters. The predicted molar refractivity (Wildman–Crippen MR) is 76.8 cm³/mol. The molecule has 1 unspecified atom stereocenters. The van der Waals surface area contributed by atoms with Crippen molar-refractivity contribution in [1.82, 2.24) is 9.97 Å². The Morgan fingerprint density at radius 3 is 2.80 bits per heavy atom. The van der Waals surface area contributed by atoms with E-state index in [4.69, 9.17) is 15.5 Å². The van der Waals surface area contributed by atoms with Crippen LogP contribution in [0.1, 0.15) is 41.8 Å². The van der Waals surface area contributed by atoms with E-state index in [2.05, 4.69) is 11.1 Å². The Labute approximate surface area is 118 Å². The second-order valence-electron chi connectivity index (χ2n) is 5.67. The quantitative estimate of drug-likeness (QED) is 0.908. The average molecular weight is 267 g/mol. The molecule has 0 saturated heterocycles. The van der Waals surface area contributed by atoms with Crippen molar-refractivity contribution in [1.29, 1.82) is 0 Å². The fourth-order valence-corrected chi connectivity index (χ4v) is 2.77. The van der Waals surface area contributed by atoms with E-state index < -0.39 is 0 Å². The summed E-state index contributed by atoms with van der Waals surface area (Å²) in [6.07, 6.45) is 3.36. The van der Waals surface area contributed by atoms with Crippen LogP contribution >= 0.6 is 0 Å². The van der Waals surface area contributed by atoms with Crippen LogP contribution in [0.2, 0.25) is 0 Å². The first-order chi connectivity index (χ1) is 9.79. The van der Waals surface area contributed by atoms with Gasteiger partial charge in [0.1, 0.15) is 17.4 Å². The fourth-order valence-electron chi connectivity index (χ4n) is 2.77. The molecule has 2 heterocycles. The van der Waals surface area contributed by atoms with E-state index in [-0.39, 0.29) is 5.92 Å². The third-order valence-corrected chi connectivity index (χ3v) is 4.02. The molecule has 2 N–H and O–H groups in total. The van der Waals surface area contributed by atoms with E-state index in [0.29, 0.717) is 18.3 Å². The van der Waals surface area contributed by atoms with Gasteiger partial charge in [-0.25, -0.2) is 9.97 Å². The number of nitrogen functional groups attached to an aromatic ring is 1. The SMILES string of the molecule is Nc1cc(C2CC2)nc(C2COc3ccccc3C2)n1. The van der Waals surface area contributed by atoms with E-state index >= 15 is 0 Å². The zero-order valence-electron chi connectivity index (χ0n) is 11.2. The van der Waals surface area contributed by atoms with Crippen molar-refractivity contribution in [3.05, 3.63) is 47.4 Å². The second-order valence-corrected chi connectivity index (χ2v) is 5.67. The van der Waals surface area contributed by atoms with Crippen molar-refractivity contribution >= 4 is 5.82 Å². The lowest BCUT2D eigenvalue weighted by Crippen LogP contribution is -2.22. The molecule has 0 radical (unpaired) electrons. The van der Waals surface area contributed by atoms with Crippen molar-refractivity contribution in [3.63, 3.8) is 0 Å². The Balaban J connectivity index is 1.65. The summed E-state index contributed by atoms with van der Waals surface area (Å²) in [6, 6.07) is 10.1. The van der Waals surface area contributed by atoms with Crippen molar-refractivity contribution < 1.29 is 4.74 Å². The van der Waals surface area contributed by atoms with Gasteiger partial charge in [-0.2, -0.15) is 0 Å². The van der Waals surface area contributed by atoms with E-state index in [1.807, 2.05) is 24.3 Å². The summed E-state index contributed by atoms with van der Waals surface area (Å²) < 4.78 is 5.83. The molecule has 1 saturated carbocycles. The minimum absolute atomic E-state index is 0.200. The smallest absolute Gasteiger partial charge is 0.137 e. The fraction of sp³-hybridized carbons (Fsp3) is 0.375. The molecular formula is C16H17N3O. The number of nitrogens with two attached hydrogens (primary N) is 1. The highest BCUT2D eigenvalue weighted by molar-refractivity contribution is 5.38. The summed E-state index contributed by atoms with van der Waals surface area (Å²) in [6.45, 7) is 0.630. The molecule has 2 aromatic rings. The van der Waals surface area contributed by atoms with Crippen molar-refractivity contribution in [3.8, 4) is 5.75 Å². The number of hydrogen-bond acceptors (Lipinski definition) is 4. The lowest BCUT2D eigenvalue weighted by molar-refractivity contribution is 0.257. The van der Waals surface area contributed by atoms with E-state index in [1.54, 1.807) is 0 Å². The summed E-state index contributed by atoms with van der Waals surface area (Å²) in [4.78, 5) is 9.15. The Kier molecular flexibility index (Phi) is 2.62. The van der Waals surface area contributed by atoms with Crippen LogP contribution < -0.4 is 10.5 Å². The number of rotatable bonds is 2. The molecule has 1 aliphatic carbocycles. The van der Waals surface area contributed by atoms with E-state index in [1.165, 1.54) is 18.4 Å². The van der Waals surface area contributed by atoms with Crippen LogP contribution in [0.3, 0.4) is 0 Å². The van der Waals surface area contributed by atoms with Crippen LogP contribution in [0.5, 0.6) is 5.75 Å². The normalized spacial score (nSPS) is 21.1. The minimum atomic E-state index is 0.200. The highest BCUT2D eigenvalue weighted by Gasteiger charge is 2.28. The number of hydrogen-bond donors (Lipinski definition) is 1. The monoisotopic (exact) mass is 267 g/mol. The lowest BCUT2D eigenvalue weighted by Gasteiger charge is -2.24. The predicted octanol–water partition coefficient (Wildman–Crippen LogP) is 2.65. The topological polar surface area (TPSA) is 61.0 Å². The van der Waals surface area contributed by atoms with Gasteiger partial charge in [-0.1, -0.05) is 18.2 Å². The Bertz CT molecular complexity index is 652. The molecule has 1 aliphatic heterocycles. The summed E-state index contributed by atoms with van der Waals surface area (Å²) in [7, 11) is 0. The molecule has 0 bridgehead atoms. The highest BCUT2D eigenvalue weighted by atomic mass is 16.5. The van der Waals surface area contributed by atoms with Gasteiger partial charge >= 0.3 is 0 Å². The maximum atomic E-state index is 5.93. The average Bonchev–Trinajstić information content (AvgIpc) is 3.31. The molecule has 4 rings (SSSR count). The summed E-state index contributed by atoms with van der Waals surface area (Å²) in [5, 5.41) is 0. The molecule has 20 heavy (non-hydrogen) atoms. The molecule has 4 nitrogen and oxygen atoms in total. The van der Waals surface area contributed by atoms with Gasteiger partial charge in [-0.15, -0.1) is 0 Å². The summed E-state index contributed by atoms with van der Waals surface area (Å²) in [5.41, 5.74) is 8.26. The Hall–Kier alpha value is -2.10. The molecule has 1 aromatic carbocycles. The van der Waals surface area contributed by atoms with Crippen LogP contribution in [0.4, 0.5) is 5.82 Å². The first kappa shape index (κ1) is 11.7. The first-order valence-electron chi connectivity index (χ1n) is 7.14. The highest BCUT2D eigenvalue weighted by Crippen LogP contribution is 2.40. The van der Waals surface area contributed by atoms with Gasteiger partial charge in [0, 0.05) is 17.7 Å². The van der Waals surface area contributed by atoms with Gasteiger partial charge < -0.3 is 10.5 Å². The molecule has 4 heteroatoms. The minimum Gasteiger partial charge on any atom is -0.493 e. The molecule has 0 amide bonds. The zero-order valence-corrected chi connectivity index (χ0v) is 11.2. The van der Waals surface area contributed by atoms with Crippen LogP contribution in [0.15, 0.2) is 30.3 Å². The maximum Gasteiger partial charge on any atom is 0.137 e. The third kappa shape index (κ3) is 2.11. The molecule has 2 aliphatic rings. The summed E-state index contributed by atoms with van der Waals surface area (Å²) >= 11 is 0. The Morgan fingerprint density at radius 1 is 1.10 bits per heavy atom. The van der Waals surface area contributed by atoms with Crippen molar-refractivity contribution in [2.45, 2.75) is 31.1 Å². The van der Waals surface area contributed by atoms with Gasteiger partial charge in [-0.05, 0) is 30.9 Å². The van der Waals surface area contributed by atoms with Gasteiger partial charge in [0.25, 0.3) is 0 Å². The van der Waals surface area contributed by atoms with Gasteiger partial charge in [-0.3, -0.25) is 0 Å². The number of benzene rings is 1. The molecule has 1 fully saturated rings. The molecule has 102 valence electrons. The number of fused-ring (bicyclic) bond motifs is 1. The van der Waals surface area contributed by atoms with Crippen molar-refractivity contribution in [2.24, 2.45) is 0 Å². The van der Waals surface area contributed by atoms with Crippen molar-refractivity contribution in [2.75, 3.05) is 12.3 Å². The van der Waals surface area contributed by atoms with E-state index in [9.17, 15) is 0 Å². The second kappa shape index (κ2) is 4.47. The first-order valence-corrected chi connectivity index (χ1v) is 7.14. The molecular weight excluding hydrogens is 250 g/mol. The third-order valence-electron chi connectivity index (χ3n) is 4.02. The van der Waals surface area contributed by atoms with Gasteiger partial charge in [0.2, 0.25) is 0 Å². The van der Waals surface area contributed by atoms with Crippen LogP contribution in [-0.4, -0.2) is 16.6 Å². The largest absolute Gasteiger partial charge is 0.493 e. The number of anilines is 1. The lowest BCUT2D eigenvalue weighted by atomic mass is 9.96. The molecule has 1 aromatic heterocycles. The number of nitrogens with zero attached hydrogens (tertiary/aromatic N) is 2. The molecule has 0 spiro atoms. The van der Waals surface area contributed by atoms with Crippen LogP contribution in [0, 0.1) is 0 Å². The van der Waals surface area contributed by atoms with E-state index in [0.717, 1.165) is 23.7 Å². The number of para-hydroxylation sites is 1. The maximum absolute atomic E-state index is 5.93. The van der Waals surface area contributed by atoms with Crippen LogP contribution in [-0.2, 0) is 6.42 Å². The number of ether oxygens (including phenoxy) is 1. The van der Waals surface area contributed by atoms with Gasteiger partial charge in [0.05, 0.1) is 12.5 Å². The summed E-state index contributed by atoms with van der Waals surface area (Å²) in [5.74, 6) is 3.19.